The van der Waals surface area contributed by atoms with E-state index in [9.17, 15) is 9.59 Å². The highest BCUT2D eigenvalue weighted by molar-refractivity contribution is 6.35. The summed E-state index contributed by atoms with van der Waals surface area (Å²) in [6.45, 7) is 3.42. The van der Waals surface area contributed by atoms with Crippen molar-refractivity contribution in [3.63, 3.8) is 0 Å². The van der Waals surface area contributed by atoms with Gasteiger partial charge in [0, 0.05) is 10.0 Å². The third-order valence-corrected chi connectivity index (χ3v) is 3.55. The molecule has 0 atom stereocenters. The van der Waals surface area contributed by atoms with E-state index < -0.39 is 11.8 Å². The van der Waals surface area contributed by atoms with E-state index in [1.165, 1.54) is 0 Å². The predicted molar refractivity (Wildman–Crippen MR) is 84.0 cm³/mol. The number of hydrogen-bond donors (Lipinski definition) is 2. The molecule has 0 bridgehead atoms. The molecule has 7 heteroatoms. The van der Waals surface area contributed by atoms with Crippen molar-refractivity contribution in [2.45, 2.75) is 20.3 Å². The summed E-state index contributed by atoms with van der Waals surface area (Å²) in [5.74, 6) is 0.285. The van der Waals surface area contributed by atoms with Gasteiger partial charge in [-0.2, -0.15) is 0 Å². The van der Waals surface area contributed by atoms with E-state index in [-0.39, 0.29) is 6.42 Å². The molecular formula is C15H14Cl2N2O3. The lowest BCUT2D eigenvalue weighted by atomic mass is 10.1. The van der Waals surface area contributed by atoms with Gasteiger partial charge in [0.15, 0.2) is 0 Å². The van der Waals surface area contributed by atoms with Gasteiger partial charge in [-0.3, -0.25) is 20.4 Å². The number of furan rings is 1. The topological polar surface area (TPSA) is 71.3 Å². The van der Waals surface area contributed by atoms with Gasteiger partial charge in [0.2, 0.25) is 5.91 Å². The first-order chi connectivity index (χ1) is 10.4. The molecular weight excluding hydrogens is 327 g/mol. The third-order valence-electron chi connectivity index (χ3n) is 2.97. The van der Waals surface area contributed by atoms with Crippen LogP contribution in [0.2, 0.25) is 10.0 Å². The molecule has 2 amide bonds. The Labute approximate surface area is 137 Å². The number of halogens is 2. The number of carbonyl (C=O) groups is 2. The monoisotopic (exact) mass is 340 g/mol. The quantitative estimate of drug-likeness (QED) is 0.842. The summed E-state index contributed by atoms with van der Waals surface area (Å²) in [6.07, 6.45) is 0.0275. The van der Waals surface area contributed by atoms with Crippen LogP contribution in [-0.4, -0.2) is 11.8 Å². The second kappa shape index (κ2) is 6.85. The van der Waals surface area contributed by atoms with Gasteiger partial charge < -0.3 is 4.42 Å². The number of hydrazine groups is 1. The fourth-order valence-electron chi connectivity index (χ4n) is 1.93. The second-order valence-electron chi connectivity index (χ2n) is 4.74. The summed E-state index contributed by atoms with van der Waals surface area (Å²) in [5.41, 5.74) is 5.67. The van der Waals surface area contributed by atoms with Crippen LogP contribution in [0.1, 0.15) is 27.4 Å². The van der Waals surface area contributed by atoms with Crippen LogP contribution in [-0.2, 0) is 11.2 Å². The van der Waals surface area contributed by atoms with Crippen LogP contribution < -0.4 is 10.9 Å². The highest BCUT2D eigenvalue weighted by Gasteiger charge is 2.14. The smallest absolute Gasteiger partial charge is 0.273 e. The SMILES string of the molecule is Cc1cc(C(=O)NNC(=O)Cc2ccc(Cl)cc2Cl)c(C)o1. The lowest BCUT2D eigenvalue weighted by molar-refractivity contribution is -0.121. The molecule has 2 aromatic rings. The van der Waals surface area contributed by atoms with Gasteiger partial charge >= 0.3 is 0 Å². The Morgan fingerprint density at radius 3 is 2.45 bits per heavy atom. The van der Waals surface area contributed by atoms with E-state index in [1.807, 2.05) is 0 Å². The molecule has 2 N–H and O–H groups in total. The molecule has 0 unspecified atom stereocenters. The number of rotatable bonds is 3. The Hall–Kier alpha value is -1.98. The zero-order valence-corrected chi connectivity index (χ0v) is 13.5. The van der Waals surface area contributed by atoms with Crippen molar-refractivity contribution in [2.24, 2.45) is 0 Å². The molecule has 0 saturated carbocycles. The Morgan fingerprint density at radius 2 is 1.86 bits per heavy atom. The number of hydrogen-bond acceptors (Lipinski definition) is 3. The Kier molecular flexibility index (Phi) is 5.11. The first kappa shape index (κ1) is 16.4. The van der Waals surface area contributed by atoms with E-state index in [4.69, 9.17) is 27.6 Å². The summed E-state index contributed by atoms with van der Waals surface area (Å²) < 4.78 is 5.26. The number of carbonyl (C=O) groups excluding carboxylic acids is 2. The van der Waals surface area contributed by atoms with Crippen LogP contribution in [0.5, 0.6) is 0 Å². The van der Waals surface area contributed by atoms with Crippen molar-refractivity contribution in [1.82, 2.24) is 10.9 Å². The molecule has 0 radical (unpaired) electrons. The van der Waals surface area contributed by atoms with Gasteiger partial charge in [-0.1, -0.05) is 29.3 Å². The van der Waals surface area contributed by atoms with E-state index >= 15 is 0 Å². The van der Waals surface area contributed by atoms with Crippen LogP contribution >= 0.6 is 23.2 Å². The summed E-state index contributed by atoms with van der Waals surface area (Å²) in [6, 6.07) is 6.47. The molecule has 0 aliphatic rings. The Morgan fingerprint density at radius 1 is 1.14 bits per heavy atom. The highest BCUT2D eigenvalue weighted by Crippen LogP contribution is 2.21. The minimum absolute atomic E-state index is 0.0275. The molecule has 0 spiro atoms. The second-order valence-corrected chi connectivity index (χ2v) is 5.59. The lowest BCUT2D eigenvalue weighted by Crippen LogP contribution is -2.42. The van der Waals surface area contributed by atoms with Crippen LogP contribution in [0, 0.1) is 13.8 Å². The summed E-state index contributed by atoms with van der Waals surface area (Å²) >= 11 is 11.8. The standard InChI is InChI=1S/C15H14Cl2N2O3/c1-8-5-12(9(2)22-8)15(21)19-18-14(20)6-10-3-4-11(16)7-13(10)17/h3-5,7H,6H2,1-2H3,(H,18,20)(H,19,21). The van der Waals surface area contributed by atoms with Crippen LogP contribution in [0.4, 0.5) is 0 Å². The van der Waals surface area contributed by atoms with Gasteiger partial charge in [0.1, 0.15) is 11.5 Å². The van der Waals surface area contributed by atoms with Crippen molar-refractivity contribution >= 4 is 35.0 Å². The molecule has 0 saturated heterocycles. The molecule has 1 aromatic heterocycles. The van der Waals surface area contributed by atoms with Gasteiger partial charge in [-0.15, -0.1) is 0 Å². The van der Waals surface area contributed by atoms with Crippen molar-refractivity contribution in [2.75, 3.05) is 0 Å². The average Bonchev–Trinajstić information content (AvgIpc) is 2.78. The Bertz CT molecular complexity index is 726. The van der Waals surface area contributed by atoms with Crippen molar-refractivity contribution in [3.05, 3.63) is 57.0 Å². The molecule has 22 heavy (non-hydrogen) atoms. The third kappa shape index (κ3) is 4.02. The molecule has 1 heterocycles. The summed E-state index contributed by atoms with van der Waals surface area (Å²) in [7, 11) is 0. The van der Waals surface area contributed by atoms with Crippen LogP contribution in [0.3, 0.4) is 0 Å². The average molecular weight is 341 g/mol. The molecule has 0 aliphatic carbocycles. The number of benzene rings is 1. The first-order valence-electron chi connectivity index (χ1n) is 6.47. The zero-order chi connectivity index (χ0) is 16.3. The van der Waals surface area contributed by atoms with Gasteiger partial charge in [-0.25, -0.2) is 0 Å². The maximum atomic E-state index is 11.9. The minimum Gasteiger partial charge on any atom is -0.466 e. The molecule has 0 fully saturated rings. The molecule has 0 aliphatic heterocycles. The molecule has 2 rings (SSSR count). The lowest BCUT2D eigenvalue weighted by Gasteiger charge is -2.08. The van der Waals surface area contributed by atoms with Gasteiger partial charge in [0.25, 0.3) is 5.91 Å². The van der Waals surface area contributed by atoms with Crippen LogP contribution in [0.15, 0.2) is 28.7 Å². The van der Waals surface area contributed by atoms with Crippen molar-refractivity contribution in [1.29, 1.82) is 0 Å². The fraction of sp³-hybridized carbons (Fsp3) is 0.200. The van der Waals surface area contributed by atoms with Crippen LogP contribution in [0.25, 0.3) is 0 Å². The van der Waals surface area contributed by atoms with E-state index in [1.54, 1.807) is 38.1 Å². The van der Waals surface area contributed by atoms with Crippen molar-refractivity contribution < 1.29 is 14.0 Å². The summed E-state index contributed by atoms with van der Waals surface area (Å²) in [5, 5.41) is 0.892. The molecule has 5 nitrogen and oxygen atoms in total. The molecule has 1 aromatic carbocycles. The summed E-state index contributed by atoms with van der Waals surface area (Å²) in [4.78, 5) is 23.8. The fourth-order valence-corrected chi connectivity index (χ4v) is 2.41. The first-order valence-corrected chi connectivity index (χ1v) is 7.22. The number of aryl methyl sites for hydroxylation is 2. The maximum Gasteiger partial charge on any atom is 0.273 e. The van der Waals surface area contributed by atoms with E-state index in [0.717, 1.165) is 0 Å². The highest BCUT2D eigenvalue weighted by atomic mass is 35.5. The molecule has 116 valence electrons. The zero-order valence-electron chi connectivity index (χ0n) is 12.0. The van der Waals surface area contributed by atoms with E-state index in [2.05, 4.69) is 10.9 Å². The van der Waals surface area contributed by atoms with E-state index in [0.29, 0.717) is 32.7 Å². The van der Waals surface area contributed by atoms with Gasteiger partial charge in [-0.05, 0) is 37.6 Å². The maximum absolute atomic E-state index is 11.9. The Balaban J connectivity index is 1.92. The largest absolute Gasteiger partial charge is 0.466 e. The normalized spacial score (nSPS) is 10.4. The minimum atomic E-state index is -0.440. The predicted octanol–water partition coefficient (Wildman–Crippen LogP) is 3.21. The number of amides is 2. The number of nitrogens with one attached hydrogen (secondary N) is 2. The van der Waals surface area contributed by atoms with Crippen molar-refractivity contribution in [3.8, 4) is 0 Å². The van der Waals surface area contributed by atoms with Gasteiger partial charge in [0.05, 0.1) is 12.0 Å².